The van der Waals surface area contributed by atoms with Crippen LogP contribution >= 0.6 is 0 Å². The third-order valence-corrected chi connectivity index (χ3v) is 2.98. The predicted octanol–water partition coefficient (Wildman–Crippen LogP) is 2.42. The first-order valence-electron chi connectivity index (χ1n) is 6.82. The maximum Gasteiger partial charge on any atom is 0.156 e. The van der Waals surface area contributed by atoms with E-state index in [-0.39, 0.29) is 12.4 Å². The molecule has 0 aliphatic rings. The van der Waals surface area contributed by atoms with Crippen molar-refractivity contribution in [3.8, 4) is 5.75 Å². The topological polar surface area (TPSA) is 69.9 Å². The lowest BCUT2D eigenvalue weighted by molar-refractivity contribution is 0.138. The summed E-state index contributed by atoms with van der Waals surface area (Å²) in [7, 11) is 3.45. The predicted molar refractivity (Wildman–Crippen MR) is 85.7 cm³/mol. The minimum Gasteiger partial charge on any atom is -0.485 e. The van der Waals surface area contributed by atoms with E-state index >= 15 is 0 Å². The van der Waals surface area contributed by atoms with E-state index in [1.165, 1.54) is 7.11 Å². The summed E-state index contributed by atoms with van der Waals surface area (Å²) in [6.45, 7) is 7.07. The molecule has 1 aromatic rings. The molecular weight excluding hydrogens is 268 g/mol. The molecule has 116 valence electrons. The van der Waals surface area contributed by atoms with Crippen molar-refractivity contribution in [3.63, 3.8) is 0 Å². The molecule has 0 aromatic heterocycles. The summed E-state index contributed by atoms with van der Waals surface area (Å²) < 4.78 is 5.60. The fourth-order valence-corrected chi connectivity index (χ4v) is 1.61. The number of amidine groups is 1. The molecule has 0 unspecified atom stereocenters. The van der Waals surface area contributed by atoms with Crippen LogP contribution in [0.4, 0.5) is 5.69 Å². The lowest BCUT2D eigenvalue weighted by Gasteiger charge is -2.13. The molecular formula is C15H24N4O2. The molecule has 21 heavy (non-hydrogen) atoms. The number of benzene rings is 1. The van der Waals surface area contributed by atoms with E-state index in [0.29, 0.717) is 0 Å². The summed E-state index contributed by atoms with van der Waals surface area (Å²) in [6, 6.07) is 3.92. The zero-order valence-corrected chi connectivity index (χ0v) is 13.4. The molecule has 0 saturated carbocycles. The second kappa shape index (κ2) is 8.26. The first kappa shape index (κ1) is 17.0. The Morgan fingerprint density at radius 2 is 2.10 bits per heavy atom. The van der Waals surface area contributed by atoms with Crippen molar-refractivity contribution in [2.75, 3.05) is 27.3 Å². The van der Waals surface area contributed by atoms with Gasteiger partial charge in [0.25, 0.3) is 0 Å². The highest BCUT2D eigenvalue weighted by atomic mass is 16.6. The monoisotopic (exact) mass is 292 g/mol. The molecule has 0 radical (unpaired) electrons. The zero-order chi connectivity index (χ0) is 15.8. The number of hydrogen-bond acceptors (Lipinski definition) is 4. The minimum atomic E-state index is 0.134. The highest BCUT2D eigenvalue weighted by Gasteiger charge is 2.06. The van der Waals surface area contributed by atoms with Crippen LogP contribution in [-0.2, 0) is 4.84 Å². The van der Waals surface area contributed by atoms with Gasteiger partial charge in [0.1, 0.15) is 12.4 Å². The molecule has 0 bridgehead atoms. The maximum absolute atomic E-state index is 7.55. The van der Waals surface area contributed by atoms with Gasteiger partial charge in [0, 0.05) is 13.6 Å². The quantitative estimate of drug-likeness (QED) is 0.460. The Hall–Kier alpha value is -2.08. The average Bonchev–Trinajstić information content (AvgIpc) is 2.46. The van der Waals surface area contributed by atoms with Crippen molar-refractivity contribution in [2.24, 2.45) is 4.99 Å². The number of hydrogen-bond donors (Lipinski definition) is 2. The summed E-state index contributed by atoms with van der Waals surface area (Å²) in [5, 5.41) is 7.55. The largest absolute Gasteiger partial charge is 0.485 e. The van der Waals surface area contributed by atoms with Gasteiger partial charge in [-0.15, -0.1) is 0 Å². The summed E-state index contributed by atoms with van der Waals surface area (Å²) in [5.41, 5.74) is 5.36. The molecule has 6 heteroatoms. The van der Waals surface area contributed by atoms with Gasteiger partial charge in [-0.3, -0.25) is 15.7 Å². The number of nitrogens with zero attached hydrogens (tertiary/aromatic N) is 2. The molecule has 0 saturated heterocycles. The van der Waals surface area contributed by atoms with Gasteiger partial charge in [-0.1, -0.05) is 0 Å². The highest BCUT2D eigenvalue weighted by Crippen LogP contribution is 2.28. The van der Waals surface area contributed by atoms with E-state index < -0.39 is 0 Å². The molecule has 1 rings (SSSR count). The van der Waals surface area contributed by atoms with Gasteiger partial charge >= 0.3 is 0 Å². The Morgan fingerprint density at radius 1 is 1.38 bits per heavy atom. The molecule has 6 nitrogen and oxygen atoms in total. The standard InChI is InChI=1S/C15H24N4O2/c1-6-19(4)10-17-13-7-12(3)14(8-11(13)2)21-9-15(16)18-20-5/h7-8,10H,6,9H2,1-5H3,(H2,16,18). The van der Waals surface area contributed by atoms with Gasteiger partial charge in [-0.25, -0.2) is 4.99 Å². The summed E-state index contributed by atoms with van der Waals surface area (Å²) in [6.07, 6.45) is 1.82. The number of nitrogens with one attached hydrogen (secondary N) is 2. The van der Waals surface area contributed by atoms with Crippen LogP contribution in [0.2, 0.25) is 0 Å². The number of hydroxylamine groups is 1. The van der Waals surface area contributed by atoms with Crippen molar-refractivity contribution in [2.45, 2.75) is 20.8 Å². The third kappa shape index (κ3) is 5.43. The van der Waals surface area contributed by atoms with Crippen molar-refractivity contribution in [3.05, 3.63) is 23.3 Å². The Balaban J connectivity index is 2.80. The number of aryl methyl sites for hydroxylation is 2. The molecule has 0 aliphatic heterocycles. The fraction of sp³-hybridized carbons (Fsp3) is 0.467. The molecule has 0 amide bonds. The fourth-order valence-electron chi connectivity index (χ4n) is 1.61. The number of aliphatic imine (C=N–C) groups is 1. The molecule has 2 N–H and O–H groups in total. The van der Waals surface area contributed by atoms with Gasteiger partial charge in [0.05, 0.1) is 19.1 Å². The first-order chi connectivity index (χ1) is 9.97. The van der Waals surface area contributed by atoms with Crippen molar-refractivity contribution < 1.29 is 9.57 Å². The maximum atomic E-state index is 7.55. The SMILES string of the molecule is CCN(C)C=Nc1cc(C)c(OCC(=N)NOC)cc1C. The number of ether oxygens (including phenoxy) is 1. The lowest BCUT2D eigenvalue weighted by atomic mass is 10.1. The Labute approximate surface area is 126 Å². The van der Waals surface area contributed by atoms with Crippen LogP contribution in [0.5, 0.6) is 5.75 Å². The smallest absolute Gasteiger partial charge is 0.156 e. The van der Waals surface area contributed by atoms with E-state index in [1.807, 2.05) is 44.3 Å². The summed E-state index contributed by atoms with van der Waals surface area (Å²) in [4.78, 5) is 11.1. The third-order valence-electron chi connectivity index (χ3n) is 2.98. The average molecular weight is 292 g/mol. The minimum absolute atomic E-state index is 0.134. The molecule has 0 atom stereocenters. The summed E-state index contributed by atoms with van der Waals surface area (Å²) >= 11 is 0. The lowest BCUT2D eigenvalue weighted by Crippen LogP contribution is -2.27. The Kier molecular flexibility index (Phi) is 6.68. The highest BCUT2D eigenvalue weighted by molar-refractivity contribution is 5.79. The van der Waals surface area contributed by atoms with Crippen LogP contribution in [0.1, 0.15) is 18.1 Å². The van der Waals surface area contributed by atoms with Gasteiger partial charge in [-0.2, -0.15) is 0 Å². The van der Waals surface area contributed by atoms with Gasteiger partial charge in [0.2, 0.25) is 0 Å². The van der Waals surface area contributed by atoms with Crippen LogP contribution in [0, 0.1) is 19.3 Å². The second-order valence-corrected chi connectivity index (χ2v) is 4.80. The Bertz CT molecular complexity index is 515. The van der Waals surface area contributed by atoms with E-state index in [9.17, 15) is 0 Å². The van der Waals surface area contributed by atoms with Crippen molar-refractivity contribution >= 4 is 17.9 Å². The molecule has 0 fully saturated rings. The molecule has 0 aliphatic carbocycles. The van der Waals surface area contributed by atoms with Crippen LogP contribution in [-0.4, -0.2) is 44.4 Å². The zero-order valence-electron chi connectivity index (χ0n) is 13.4. The summed E-state index contributed by atoms with van der Waals surface area (Å²) in [5.74, 6) is 0.916. The van der Waals surface area contributed by atoms with Crippen molar-refractivity contribution in [1.29, 1.82) is 5.41 Å². The van der Waals surface area contributed by atoms with Crippen LogP contribution in [0.25, 0.3) is 0 Å². The molecule has 0 heterocycles. The second-order valence-electron chi connectivity index (χ2n) is 4.80. The van der Waals surface area contributed by atoms with Gasteiger partial charge in [-0.05, 0) is 44.0 Å². The van der Waals surface area contributed by atoms with Crippen LogP contribution < -0.4 is 10.2 Å². The Morgan fingerprint density at radius 3 is 2.71 bits per heavy atom. The first-order valence-corrected chi connectivity index (χ1v) is 6.82. The van der Waals surface area contributed by atoms with E-state index in [2.05, 4.69) is 22.2 Å². The number of rotatable bonds is 7. The van der Waals surface area contributed by atoms with Crippen LogP contribution in [0.15, 0.2) is 17.1 Å². The van der Waals surface area contributed by atoms with Crippen molar-refractivity contribution in [1.82, 2.24) is 10.4 Å². The normalized spacial score (nSPS) is 10.7. The van der Waals surface area contributed by atoms with Gasteiger partial charge < -0.3 is 9.64 Å². The van der Waals surface area contributed by atoms with E-state index in [1.54, 1.807) is 0 Å². The molecule has 0 spiro atoms. The molecule has 1 aromatic carbocycles. The van der Waals surface area contributed by atoms with E-state index in [0.717, 1.165) is 29.1 Å². The van der Waals surface area contributed by atoms with Crippen LogP contribution in [0.3, 0.4) is 0 Å². The van der Waals surface area contributed by atoms with E-state index in [4.69, 9.17) is 10.1 Å². The van der Waals surface area contributed by atoms with Gasteiger partial charge in [0.15, 0.2) is 5.84 Å².